The zero-order valence-electron chi connectivity index (χ0n) is 25.2. The third kappa shape index (κ3) is 8.04. The summed E-state index contributed by atoms with van der Waals surface area (Å²) >= 11 is 0.978. The van der Waals surface area contributed by atoms with Gasteiger partial charge in [0.15, 0.2) is 17.9 Å². The number of rotatable bonds is 15. The fraction of sp³-hybridized carbons (Fsp3) is 0.407. The Balaban J connectivity index is 1.44. The van der Waals surface area contributed by atoms with Crippen LogP contribution in [0.2, 0.25) is 0 Å². The molecular weight excluding hydrogens is 644 g/mol. The predicted molar refractivity (Wildman–Crippen MR) is 162 cm³/mol. The van der Waals surface area contributed by atoms with Crippen molar-refractivity contribution in [2.24, 2.45) is 17.9 Å². The van der Waals surface area contributed by atoms with Crippen LogP contribution in [0.15, 0.2) is 47.2 Å². The van der Waals surface area contributed by atoms with E-state index in [1.54, 1.807) is 0 Å². The smallest absolute Gasteiger partial charge is 0.347 e. The highest BCUT2D eigenvalue weighted by Gasteiger charge is 2.57. The molecule has 1 saturated heterocycles. The van der Waals surface area contributed by atoms with Gasteiger partial charge in [-0.15, -0.1) is 16.0 Å². The molecule has 46 heavy (non-hydrogen) atoms. The Kier molecular flexibility index (Phi) is 10.4. The minimum atomic E-state index is -5.25. The van der Waals surface area contributed by atoms with E-state index in [1.807, 2.05) is 48.4 Å². The molecule has 1 aromatic carbocycles. The molecule has 0 spiro atoms. The van der Waals surface area contributed by atoms with Crippen molar-refractivity contribution in [3.8, 4) is 11.1 Å². The van der Waals surface area contributed by atoms with E-state index in [2.05, 4.69) is 24.4 Å². The lowest BCUT2D eigenvalue weighted by atomic mass is 9.84. The van der Waals surface area contributed by atoms with Gasteiger partial charge in [0.1, 0.15) is 11.7 Å². The van der Waals surface area contributed by atoms with Gasteiger partial charge in [0.25, 0.3) is 11.8 Å². The highest BCUT2D eigenvalue weighted by Crippen LogP contribution is 2.33. The lowest BCUT2D eigenvalue weighted by Gasteiger charge is -2.51. The van der Waals surface area contributed by atoms with E-state index < -0.39 is 51.6 Å². The molecule has 4 rings (SSSR count). The maximum Gasteiger partial charge on any atom is 0.347 e. The largest absolute Gasteiger partial charge is 0.724 e. The van der Waals surface area contributed by atoms with Crippen LogP contribution in [0, 0.1) is 0 Å². The van der Waals surface area contributed by atoms with Crippen LogP contribution in [0.3, 0.4) is 0 Å². The number of nitrogens with one attached hydrogen (secondary N) is 1. The standard InChI is InChI=1S/C27H34N8O9S2/c1-27(2)22(24(37)35(27)44-46(40,41)42)31-23(36)21(19-15-45-26(29)30-19)32-43-20(25(38)39)10-7-16-5-8-17(9-6-16)18-13-33(3)34(14-18)12-4-11-28/h5-6,8-9,13-15,20,22H,4,7,10-12,28H2,1-3H3,(H4-,29,30,31,36,38,39,40,41,42). The number of nitrogens with zero attached hydrogens (tertiary/aromatic N) is 5. The molecule has 2 unspecified atom stereocenters. The Hall–Kier alpha value is -4.43. The Bertz CT molecular complexity index is 1740. The van der Waals surface area contributed by atoms with Gasteiger partial charge in [-0.05, 0) is 44.4 Å². The van der Waals surface area contributed by atoms with E-state index in [0.29, 0.717) is 18.0 Å². The quantitative estimate of drug-likeness (QED) is 0.0403. The van der Waals surface area contributed by atoms with Crippen LogP contribution in [-0.4, -0.2) is 80.5 Å². The van der Waals surface area contributed by atoms with Crippen LogP contribution >= 0.6 is 11.3 Å². The first-order chi connectivity index (χ1) is 21.6. The molecule has 2 aromatic heterocycles. The van der Waals surface area contributed by atoms with E-state index in [9.17, 15) is 32.5 Å². The summed E-state index contributed by atoms with van der Waals surface area (Å²) in [6, 6.07) is 6.31. The summed E-state index contributed by atoms with van der Waals surface area (Å²) in [6.07, 6.45) is 3.74. The molecule has 248 valence electrons. The average molecular weight is 679 g/mol. The minimum absolute atomic E-state index is 0.000813. The van der Waals surface area contributed by atoms with Gasteiger partial charge < -0.3 is 31.3 Å². The third-order valence-electron chi connectivity index (χ3n) is 7.24. The van der Waals surface area contributed by atoms with Crippen molar-refractivity contribution in [1.29, 1.82) is 0 Å². The summed E-state index contributed by atoms with van der Waals surface area (Å²) in [5.41, 5.74) is 12.2. The molecule has 2 amide bonds. The zero-order valence-corrected chi connectivity index (χ0v) is 26.8. The SMILES string of the molecule is C[n+]1cc(-c2ccc(CCC(ON=C(C(=O)NC3C(=O)N(OS(=O)(=O)[O-])C3(C)C)c3csc(N)n3)C(=O)O)cc2)cn1CCCN. The maximum absolute atomic E-state index is 13.2. The van der Waals surface area contributed by atoms with E-state index in [1.165, 1.54) is 19.2 Å². The Morgan fingerprint density at radius 1 is 1.28 bits per heavy atom. The average Bonchev–Trinajstić information content (AvgIpc) is 3.59. The van der Waals surface area contributed by atoms with Crippen molar-refractivity contribution in [2.75, 3.05) is 12.3 Å². The van der Waals surface area contributed by atoms with Gasteiger partial charge in [-0.3, -0.25) is 9.59 Å². The number of aliphatic carboxylic acids is 1. The number of nitrogen functional groups attached to an aromatic ring is 1. The molecule has 1 aliphatic heterocycles. The van der Waals surface area contributed by atoms with Crippen LogP contribution in [0.25, 0.3) is 11.1 Å². The molecule has 3 heterocycles. The summed E-state index contributed by atoms with van der Waals surface area (Å²) in [5.74, 6) is -3.33. The van der Waals surface area contributed by atoms with Gasteiger partial charge in [-0.2, -0.15) is 14.0 Å². The number of nitrogens with two attached hydrogens (primary N) is 2. The number of hydroxylamine groups is 2. The summed E-state index contributed by atoms with van der Waals surface area (Å²) < 4.78 is 41.2. The van der Waals surface area contributed by atoms with Crippen molar-refractivity contribution in [3.05, 3.63) is 53.3 Å². The van der Waals surface area contributed by atoms with Gasteiger partial charge in [0, 0.05) is 11.8 Å². The molecule has 19 heteroatoms. The monoisotopic (exact) mass is 678 g/mol. The number of anilines is 1. The zero-order chi connectivity index (χ0) is 33.8. The minimum Gasteiger partial charge on any atom is -0.724 e. The summed E-state index contributed by atoms with van der Waals surface area (Å²) in [4.78, 5) is 47.0. The second kappa shape index (κ2) is 13.9. The number of carboxylic acid groups (broad SMARTS) is 1. The van der Waals surface area contributed by atoms with Crippen LogP contribution in [0.5, 0.6) is 0 Å². The van der Waals surface area contributed by atoms with Crippen LogP contribution in [-0.2, 0) is 53.9 Å². The number of thiazole rings is 1. The summed E-state index contributed by atoms with van der Waals surface area (Å²) in [7, 11) is -3.30. The topological polar surface area (TPSA) is 248 Å². The lowest BCUT2D eigenvalue weighted by Crippen LogP contribution is -2.76. The third-order valence-corrected chi connectivity index (χ3v) is 8.24. The number of amides is 2. The normalized spacial score (nSPS) is 17.0. The molecule has 6 N–H and O–H groups in total. The molecule has 0 aliphatic carbocycles. The fourth-order valence-electron chi connectivity index (χ4n) is 4.70. The molecule has 17 nitrogen and oxygen atoms in total. The molecule has 3 aromatic rings. The number of carboxylic acids is 1. The Labute approximate surface area is 268 Å². The van der Waals surface area contributed by atoms with Crippen LogP contribution in [0.1, 0.15) is 37.9 Å². The number of benzene rings is 1. The first-order valence-electron chi connectivity index (χ1n) is 13.9. The van der Waals surface area contributed by atoms with Crippen LogP contribution in [0.4, 0.5) is 5.13 Å². The Morgan fingerprint density at radius 3 is 2.54 bits per heavy atom. The summed E-state index contributed by atoms with van der Waals surface area (Å²) in [5, 5.41) is 17.8. The maximum atomic E-state index is 13.2. The molecule has 0 saturated carbocycles. The first kappa shape index (κ1) is 34.4. The van der Waals surface area contributed by atoms with Gasteiger partial charge >= 0.3 is 5.97 Å². The van der Waals surface area contributed by atoms with E-state index in [0.717, 1.165) is 41.0 Å². The predicted octanol–water partition coefficient (Wildman–Crippen LogP) is -0.329. The van der Waals surface area contributed by atoms with Crippen molar-refractivity contribution in [3.63, 3.8) is 0 Å². The number of carbonyl (C=O) groups excluding carboxylic acids is 2. The molecule has 1 aliphatic rings. The van der Waals surface area contributed by atoms with Crippen molar-refractivity contribution in [2.45, 2.75) is 57.3 Å². The van der Waals surface area contributed by atoms with E-state index >= 15 is 0 Å². The van der Waals surface area contributed by atoms with E-state index in [4.69, 9.17) is 16.3 Å². The van der Waals surface area contributed by atoms with Crippen molar-refractivity contribution < 1.29 is 46.3 Å². The van der Waals surface area contributed by atoms with Gasteiger partial charge in [0.2, 0.25) is 22.7 Å². The number of aromatic nitrogens is 3. The second-order valence-electron chi connectivity index (χ2n) is 10.9. The molecule has 2 atom stereocenters. The molecule has 1 fully saturated rings. The first-order valence-corrected chi connectivity index (χ1v) is 16.2. The Morgan fingerprint density at radius 2 is 1.98 bits per heavy atom. The second-order valence-corrected chi connectivity index (χ2v) is 12.8. The van der Waals surface area contributed by atoms with Crippen molar-refractivity contribution in [1.82, 2.24) is 20.0 Å². The number of carbonyl (C=O) groups is 3. The highest BCUT2D eigenvalue weighted by atomic mass is 32.3. The van der Waals surface area contributed by atoms with Gasteiger partial charge in [-0.1, -0.05) is 29.4 Å². The lowest BCUT2D eigenvalue weighted by molar-refractivity contribution is -0.753. The molecule has 0 radical (unpaired) electrons. The van der Waals surface area contributed by atoms with Crippen molar-refractivity contribution >= 4 is 50.4 Å². The van der Waals surface area contributed by atoms with Gasteiger partial charge in [-0.25, -0.2) is 18.2 Å². The number of oxime groups is 1. The summed E-state index contributed by atoms with van der Waals surface area (Å²) in [6.45, 7) is 4.09. The number of β-lactam (4-membered cyclic amide) rings is 1. The number of hydrogen-bond acceptors (Lipinski definition) is 13. The number of hydrogen-bond donors (Lipinski definition) is 4. The number of aryl methyl sites for hydroxylation is 3. The fourth-order valence-corrected chi connectivity index (χ4v) is 5.70. The van der Waals surface area contributed by atoms with Gasteiger partial charge in [0.05, 0.1) is 23.8 Å². The molecule has 0 bridgehead atoms. The van der Waals surface area contributed by atoms with Crippen LogP contribution < -0.4 is 21.5 Å². The highest BCUT2D eigenvalue weighted by molar-refractivity contribution is 7.80. The molecular formula is C27H34N8O9S2. The van der Waals surface area contributed by atoms with E-state index in [-0.39, 0.29) is 17.2 Å².